The number of fused-ring (bicyclic) bond motifs is 1. The monoisotopic (exact) mass is 445 g/mol. The molecule has 4 rings (SSSR count). The van der Waals surface area contributed by atoms with Crippen LogP contribution < -0.4 is 5.56 Å². The minimum atomic E-state index is -0.599. The van der Waals surface area contributed by atoms with E-state index in [1.165, 1.54) is 0 Å². The molecule has 1 aromatic heterocycles. The number of carbonyl (C=O) groups is 1. The maximum atomic E-state index is 14.0. The van der Waals surface area contributed by atoms with Crippen molar-refractivity contribution in [3.05, 3.63) is 99.2 Å². The van der Waals surface area contributed by atoms with E-state index in [0.29, 0.717) is 17.9 Å². The highest BCUT2D eigenvalue weighted by atomic mass is 16.6. The van der Waals surface area contributed by atoms with Gasteiger partial charge in [-0.05, 0) is 38.8 Å². The van der Waals surface area contributed by atoms with Crippen molar-refractivity contribution in [3.63, 3.8) is 0 Å². The molecule has 0 spiro atoms. The first-order chi connectivity index (χ1) is 15.7. The van der Waals surface area contributed by atoms with Crippen LogP contribution in [0.5, 0.6) is 0 Å². The minimum absolute atomic E-state index is 0.0609. The van der Waals surface area contributed by atoms with E-state index in [9.17, 15) is 9.59 Å². The summed E-state index contributed by atoms with van der Waals surface area (Å²) in [4.78, 5) is 33.2. The molecule has 33 heavy (non-hydrogen) atoms. The first-order valence-electron chi connectivity index (χ1n) is 11.4. The standard InChI is InChI=1S/C27H31N3O3/c1-18-16-29(26(32)33-27(3,4)5)17-22-23(18)28-19(2)30(25(22)31)24(20-12-8-6-9-13-20)21-14-10-7-11-15-21/h6-15,18,24H,16-17H2,1-5H3. The zero-order chi connectivity index (χ0) is 23.8. The van der Waals surface area contributed by atoms with Crippen molar-refractivity contribution in [1.29, 1.82) is 0 Å². The van der Waals surface area contributed by atoms with Gasteiger partial charge in [0, 0.05) is 12.5 Å². The van der Waals surface area contributed by atoms with Gasteiger partial charge in [-0.3, -0.25) is 9.36 Å². The van der Waals surface area contributed by atoms with E-state index in [1.54, 1.807) is 9.47 Å². The average molecular weight is 446 g/mol. The molecule has 2 heterocycles. The van der Waals surface area contributed by atoms with Gasteiger partial charge >= 0.3 is 6.09 Å². The summed E-state index contributed by atoms with van der Waals surface area (Å²) in [5.41, 5.74) is 2.62. The molecule has 6 heteroatoms. The fraction of sp³-hybridized carbons (Fsp3) is 0.370. The Morgan fingerprint density at radius 3 is 2.09 bits per heavy atom. The normalized spacial score (nSPS) is 15.9. The topological polar surface area (TPSA) is 64.4 Å². The molecule has 0 saturated heterocycles. The third-order valence-corrected chi connectivity index (χ3v) is 5.87. The molecule has 0 radical (unpaired) electrons. The Bertz CT molecular complexity index is 1160. The molecule has 2 aromatic carbocycles. The quantitative estimate of drug-likeness (QED) is 0.566. The lowest BCUT2D eigenvalue weighted by Crippen LogP contribution is -2.45. The van der Waals surface area contributed by atoms with Crippen molar-refractivity contribution < 1.29 is 9.53 Å². The summed E-state index contributed by atoms with van der Waals surface area (Å²) in [5, 5.41) is 0. The number of aryl methyl sites for hydroxylation is 1. The third-order valence-electron chi connectivity index (χ3n) is 5.87. The molecule has 1 aliphatic rings. The Balaban J connectivity index is 1.84. The molecule has 1 amide bonds. The highest BCUT2D eigenvalue weighted by Gasteiger charge is 2.33. The van der Waals surface area contributed by atoms with Gasteiger partial charge in [0.15, 0.2) is 0 Å². The fourth-order valence-corrected chi connectivity index (χ4v) is 4.46. The Morgan fingerprint density at radius 2 is 1.58 bits per heavy atom. The van der Waals surface area contributed by atoms with Gasteiger partial charge < -0.3 is 9.64 Å². The van der Waals surface area contributed by atoms with Crippen molar-refractivity contribution in [2.24, 2.45) is 0 Å². The summed E-state index contributed by atoms with van der Waals surface area (Å²) < 4.78 is 7.34. The van der Waals surface area contributed by atoms with Gasteiger partial charge in [-0.2, -0.15) is 0 Å². The molecule has 3 aromatic rings. The molecule has 172 valence electrons. The van der Waals surface area contributed by atoms with Crippen LogP contribution in [0.15, 0.2) is 65.5 Å². The molecule has 0 N–H and O–H groups in total. The largest absolute Gasteiger partial charge is 0.444 e. The molecule has 0 bridgehead atoms. The van der Waals surface area contributed by atoms with Crippen LogP contribution in [0.4, 0.5) is 4.79 Å². The van der Waals surface area contributed by atoms with Crippen LogP contribution in [-0.2, 0) is 11.3 Å². The van der Waals surface area contributed by atoms with Gasteiger partial charge in [-0.25, -0.2) is 9.78 Å². The van der Waals surface area contributed by atoms with Crippen LogP contribution in [0, 0.1) is 6.92 Å². The average Bonchev–Trinajstić information content (AvgIpc) is 2.77. The van der Waals surface area contributed by atoms with Crippen molar-refractivity contribution in [2.75, 3.05) is 6.54 Å². The summed E-state index contributed by atoms with van der Waals surface area (Å²) in [6.45, 7) is 10.1. The van der Waals surface area contributed by atoms with E-state index in [1.807, 2.05) is 95.3 Å². The second-order valence-corrected chi connectivity index (χ2v) is 9.68. The summed E-state index contributed by atoms with van der Waals surface area (Å²) in [5.74, 6) is 0.600. The summed E-state index contributed by atoms with van der Waals surface area (Å²) >= 11 is 0. The number of nitrogens with zero attached hydrogens (tertiary/aromatic N) is 3. The smallest absolute Gasteiger partial charge is 0.410 e. The highest BCUT2D eigenvalue weighted by molar-refractivity contribution is 5.68. The molecule has 0 saturated carbocycles. The van der Waals surface area contributed by atoms with Gasteiger partial charge in [0.25, 0.3) is 5.56 Å². The summed E-state index contributed by atoms with van der Waals surface area (Å²) in [6, 6.07) is 19.6. The van der Waals surface area contributed by atoms with Crippen molar-refractivity contribution in [2.45, 2.75) is 58.7 Å². The second-order valence-electron chi connectivity index (χ2n) is 9.68. The van der Waals surface area contributed by atoms with Crippen LogP contribution in [0.1, 0.15) is 67.9 Å². The summed E-state index contributed by atoms with van der Waals surface area (Å²) in [7, 11) is 0. The van der Waals surface area contributed by atoms with E-state index in [-0.39, 0.29) is 24.1 Å². The highest BCUT2D eigenvalue weighted by Crippen LogP contribution is 2.30. The van der Waals surface area contributed by atoms with E-state index in [2.05, 4.69) is 0 Å². The van der Waals surface area contributed by atoms with E-state index in [0.717, 1.165) is 16.8 Å². The fourth-order valence-electron chi connectivity index (χ4n) is 4.46. The second kappa shape index (κ2) is 8.85. The molecule has 1 unspecified atom stereocenters. The SMILES string of the molecule is Cc1nc2c(c(=O)n1C(c1ccccc1)c1ccccc1)CN(C(=O)OC(C)(C)C)CC2C. The zero-order valence-corrected chi connectivity index (χ0v) is 19.9. The first-order valence-corrected chi connectivity index (χ1v) is 11.4. The number of hydrogen-bond acceptors (Lipinski definition) is 4. The Morgan fingerprint density at radius 1 is 1.03 bits per heavy atom. The van der Waals surface area contributed by atoms with Gasteiger partial charge in [0.05, 0.1) is 23.8 Å². The third kappa shape index (κ3) is 4.70. The van der Waals surface area contributed by atoms with Crippen LogP contribution in [0.25, 0.3) is 0 Å². The number of carbonyl (C=O) groups excluding carboxylic acids is 1. The lowest BCUT2D eigenvalue weighted by atomic mass is 9.95. The van der Waals surface area contributed by atoms with Crippen LogP contribution >= 0.6 is 0 Å². The molecule has 0 fully saturated rings. The number of amides is 1. The number of hydrogen-bond donors (Lipinski definition) is 0. The predicted octanol–water partition coefficient (Wildman–Crippen LogP) is 5.04. The maximum Gasteiger partial charge on any atom is 0.410 e. The maximum absolute atomic E-state index is 14.0. The Hall–Kier alpha value is -3.41. The lowest BCUT2D eigenvalue weighted by molar-refractivity contribution is 0.0205. The first kappa shape index (κ1) is 22.8. The van der Waals surface area contributed by atoms with Gasteiger partial charge in [0.1, 0.15) is 11.4 Å². The Labute approximate surface area is 194 Å². The van der Waals surface area contributed by atoms with Crippen LogP contribution in [-0.4, -0.2) is 32.7 Å². The van der Waals surface area contributed by atoms with E-state index in [4.69, 9.17) is 9.72 Å². The van der Waals surface area contributed by atoms with Crippen molar-refractivity contribution in [1.82, 2.24) is 14.5 Å². The predicted molar refractivity (Wildman–Crippen MR) is 128 cm³/mol. The van der Waals surface area contributed by atoms with Gasteiger partial charge in [-0.15, -0.1) is 0 Å². The van der Waals surface area contributed by atoms with Crippen LogP contribution in [0.3, 0.4) is 0 Å². The lowest BCUT2D eigenvalue weighted by Gasteiger charge is -2.34. The molecular weight excluding hydrogens is 414 g/mol. The summed E-state index contributed by atoms with van der Waals surface area (Å²) in [6.07, 6.45) is -0.408. The van der Waals surface area contributed by atoms with E-state index >= 15 is 0 Å². The van der Waals surface area contributed by atoms with Gasteiger partial charge in [0.2, 0.25) is 0 Å². The molecule has 1 aliphatic heterocycles. The van der Waals surface area contributed by atoms with Crippen molar-refractivity contribution in [3.8, 4) is 0 Å². The molecular formula is C27H31N3O3. The minimum Gasteiger partial charge on any atom is -0.444 e. The number of ether oxygens (including phenoxy) is 1. The number of rotatable bonds is 3. The van der Waals surface area contributed by atoms with Crippen LogP contribution in [0.2, 0.25) is 0 Å². The van der Waals surface area contributed by atoms with Crippen molar-refractivity contribution >= 4 is 6.09 Å². The number of benzene rings is 2. The zero-order valence-electron chi connectivity index (χ0n) is 19.9. The van der Waals surface area contributed by atoms with E-state index < -0.39 is 11.7 Å². The molecule has 6 nitrogen and oxygen atoms in total. The Kier molecular flexibility index (Phi) is 6.11. The molecule has 1 atom stereocenters. The van der Waals surface area contributed by atoms with Gasteiger partial charge in [-0.1, -0.05) is 67.6 Å². The molecule has 0 aliphatic carbocycles. The number of aromatic nitrogens is 2.